The number of halogens is 2. The van der Waals surface area contributed by atoms with Gasteiger partial charge in [0, 0.05) is 6.04 Å². The first-order valence-corrected chi connectivity index (χ1v) is 6.56. The van der Waals surface area contributed by atoms with E-state index in [4.69, 9.17) is 0 Å². The second-order valence-electron chi connectivity index (χ2n) is 5.02. The van der Waals surface area contributed by atoms with Gasteiger partial charge in [0.15, 0.2) is 11.6 Å². The van der Waals surface area contributed by atoms with Crippen LogP contribution in [0.3, 0.4) is 0 Å². The van der Waals surface area contributed by atoms with Crippen molar-refractivity contribution in [3.05, 3.63) is 35.4 Å². The third-order valence-corrected chi connectivity index (χ3v) is 3.56. The van der Waals surface area contributed by atoms with Crippen LogP contribution in [0.25, 0.3) is 0 Å². The van der Waals surface area contributed by atoms with E-state index in [1.807, 2.05) is 6.92 Å². The highest BCUT2D eigenvalue weighted by atomic mass is 19.2. The molecule has 0 amide bonds. The molecule has 2 nitrogen and oxygen atoms in total. The Morgan fingerprint density at radius 2 is 2.22 bits per heavy atom. The molecule has 1 heterocycles. The Balaban J connectivity index is 1.86. The molecule has 4 heteroatoms. The zero-order valence-electron chi connectivity index (χ0n) is 10.7. The number of piperidine rings is 1. The highest BCUT2D eigenvalue weighted by molar-refractivity contribution is 5.20. The topological polar surface area (TPSA) is 24.1 Å². The summed E-state index contributed by atoms with van der Waals surface area (Å²) in [6, 6.07) is 4.13. The number of hydrogen-bond acceptors (Lipinski definition) is 2. The number of rotatable bonds is 4. The van der Waals surface area contributed by atoms with Crippen LogP contribution in [0.2, 0.25) is 0 Å². The van der Waals surface area contributed by atoms with Gasteiger partial charge in [-0.2, -0.15) is 0 Å². The van der Waals surface area contributed by atoms with E-state index in [0.717, 1.165) is 25.2 Å². The maximum absolute atomic E-state index is 13.1. The summed E-state index contributed by atoms with van der Waals surface area (Å²) in [5, 5.41) is 6.75. The monoisotopic (exact) mass is 254 g/mol. The van der Waals surface area contributed by atoms with Crippen LogP contribution in [0.5, 0.6) is 0 Å². The van der Waals surface area contributed by atoms with E-state index >= 15 is 0 Å². The lowest BCUT2D eigenvalue weighted by atomic mass is 9.99. The summed E-state index contributed by atoms with van der Waals surface area (Å²) in [6.07, 6.45) is 2.44. The largest absolute Gasteiger partial charge is 0.316 e. The summed E-state index contributed by atoms with van der Waals surface area (Å²) < 4.78 is 26.0. The molecule has 0 radical (unpaired) electrons. The minimum Gasteiger partial charge on any atom is -0.316 e. The third-order valence-electron chi connectivity index (χ3n) is 3.56. The smallest absolute Gasteiger partial charge is 0.159 e. The zero-order chi connectivity index (χ0) is 13.0. The minimum atomic E-state index is -0.789. The van der Waals surface area contributed by atoms with E-state index < -0.39 is 11.6 Å². The molecule has 1 saturated heterocycles. The molecule has 2 unspecified atom stereocenters. The van der Waals surface area contributed by atoms with Crippen molar-refractivity contribution in [1.82, 2.24) is 10.6 Å². The average molecular weight is 254 g/mol. The predicted molar refractivity (Wildman–Crippen MR) is 68.4 cm³/mol. The van der Waals surface area contributed by atoms with Crippen LogP contribution < -0.4 is 10.6 Å². The Bertz CT molecular complexity index is 389. The summed E-state index contributed by atoms with van der Waals surface area (Å²) in [6.45, 7) is 5.03. The van der Waals surface area contributed by atoms with Crippen molar-refractivity contribution < 1.29 is 8.78 Å². The molecule has 0 aliphatic carbocycles. The van der Waals surface area contributed by atoms with E-state index in [0.29, 0.717) is 5.92 Å². The Morgan fingerprint density at radius 3 is 2.89 bits per heavy atom. The fourth-order valence-corrected chi connectivity index (χ4v) is 2.34. The fourth-order valence-electron chi connectivity index (χ4n) is 2.34. The summed E-state index contributed by atoms with van der Waals surface area (Å²) in [7, 11) is 0. The summed E-state index contributed by atoms with van der Waals surface area (Å²) >= 11 is 0. The van der Waals surface area contributed by atoms with Gasteiger partial charge in [-0.1, -0.05) is 6.07 Å². The Hall–Kier alpha value is -1.00. The molecular weight excluding hydrogens is 234 g/mol. The molecule has 0 spiro atoms. The highest BCUT2D eigenvalue weighted by Gasteiger charge is 2.15. The van der Waals surface area contributed by atoms with Crippen LogP contribution in [0, 0.1) is 17.6 Å². The fraction of sp³-hybridized carbons (Fsp3) is 0.571. The second kappa shape index (κ2) is 6.25. The van der Waals surface area contributed by atoms with Crippen molar-refractivity contribution in [3.63, 3.8) is 0 Å². The van der Waals surface area contributed by atoms with Gasteiger partial charge in [-0.05, 0) is 63.0 Å². The van der Waals surface area contributed by atoms with Crippen molar-refractivity contribution in [2.75, 3.05) is 19.6 Å². The quantitative estimate of drug-likeness (QED) is 0.863. The van der Waals surface area contributed by atoms with E-state index in [1.54, 1.807) is 6.07 Å². The normalized spacial score (nSPS) is 21.8. The Labute approximate surface area is 107 Å². The zero-order valence-corrected chi connectivity index (χ0v) is 10.7. The van der Waals surface area contributed by atoms with E-state index in [-0.39, 0.29) is 6.04 Å². The molecule has 0 bridgehead atoms. The first-order valence-electron chi connectivity index (χ1n) is 6.56. The highest BCUT2D eigenvalue weighted by Crippen LogP contribution is 2.17. The van der Waals surface area contributed by atoms with Gasteiger partial charge >= 0.3 is 0 Å². The molecule has 1 aromatic carbocycles. The van der Waals surface area contributed by atoms with E-state index in [2.05, 4.69) is 10.6 Å². The SMILES string of the molecule is CC(NCC1CCCNC1)c1ccc(F)c(F)c1. The standard InChI is InChI=1S/C14H20F2N2/c1-10(12-4-5-13(15)14(16)7-12)18-9-11-3-2-6-17-8-11/h4-5,7,10-11,17-18H,2-3,6,8-9H2,1H3. The van der Waals surface area contributed by atoms with Crippen molar-refractivity contribution in [3.8, 4) is 0 Å². The molecular formula is C14H20F2N2. The minimum absolute atomic E-state index is 0.0435. The first kappa shape index (κ1) is 13.4. The van der Waals surface area contributed by atoms with E-state index in [1.165, 1.54) is 25.0 Å². The van der Waals surface area contributed by atoms with Crippen LogP contribution in [0.15, 0.2) is 18.2 Å². The Morgan fingerprint density at radius 1 is 1.39 bits per heavy atom. The van der Waals surface area contributed by atoms with Crippen molar-refractivity contribution in [1.29, 1.82) is 0 Å². The number of hydrogen-bond donors (Lipinski definition) is 2. The molecule has 2 atom stereocenters. The van der Waals surface area contributed by atoms with E-state index in [9.17, 15) is 8.78 Å². The molecule has 0 aromatic heterocycles. The maximum Gasteiger partial charge on any atom is 0.159 e. The number of benzene rings is 1. The van der Waals surface area contributed by atoms with Crippen LogP contribution in [0.1, 0.15) is 31.4 Å². The summed E-state index contributed by atoms with van der Waals surface area (Å²) in [5.74, 6) is -0.936. The Kier molecular flexibility index (Phi) is 4.66. The predicted octanol–water partition coefficient (Wildman–Crippen LogP) is 2.62. The van der Waals surface area contributed by atoms with Crippen LogP contribution in [-0.2, 0) is 0 Å². The van der Waals surface area contributed by atoms with Crippen molar-refractivity contribution >= 4 is 0 Å². The van der Waals surface area contributed by atoms with Crippen molar-refractivity contribution in [2.45, 2.75) is 25.8 Å². The first-order chi connectivity index (χ1) is 8.66. The maximum atomic E-state index is 13.1. The molecule has 2 rings (SSSR count). The lowest BCUT2D eigenvalue weighted by Gasteiger charge is -2.25. The van der Waals surface area contributed by atoms with Crippen LogP contribution >= 0.6 is 0 Å². The van der Waals surface area contributed by atoms with Crippen LogP contribution in [-0.4, -0.2) is 19.6 Å². The molecule has 1 aromatic rings. The molecule has 2 N–H and O–H groups in total. The molecule has 1 aliphatic heterocycles. The second-order valence-corrected chi connectivity index (χ2v) is 5.02. The van der Waals surface area contributed by atoms with Gasteiger partial charge in [-0.15, -0.1) is 0 Å². The molecule has 18 heavy (non-hydrogen) atoms. The van der Waals surface area contributed by atoms with Crippen LogP contribution in [0.4, 0.5) is 8.78 Å². The number of nitrogens with one attached hydrogen (secondary N) is 2. The molecule has 100 valence electrons. The van der Waals surface area contributed by atoms with Gasteiger partial charge in [-0.3, -0.25) is 0 Å². The molecule has 1 fully saturated rings. The lowest BCUT2D eigenvalue weighted by Crippen LogP contribution is -2.36. The third kappa shape index (κ3) is 3.50. The molecule has 1 aliphatic rings. The summed E-state index contributed by atoms with van der Waals surface area (Å²) in [4.78, 5) is 0. The van der Waals surface area contributed by atoms with Gasteiger partial charge < -0.3 is 10.6 Å². The summed E-state index contributed by atoms with van der Waals surface area (Å²) in [5.41, 5.74) is 0.790. The lowest BCUT2D eigenvalue weighted by molar-refractivity contribution is 0.348. The molecule has 0 saturated carbocycles. The van der Waals surface area contributed by atoms with Crippen molar-refractivity contribution in [2.24, 2.45) is 5.92 Å². The average Bonchev–Trinajstić information content (AvgIpc) is 2.40. The van der Waals surface area contributed by atoms with Gasteiger partial charge in [0.1, 0.15) is 0 Å². The van der Waals surface area contributed by atoms with Gasteiger partial charge in [0.25, 0.3) is 0 Å². The van der Waals surface area contributed by atoms with Gasteiger partial charge in [0.2, 0.25) is 0 Å². The van der Waals surface area contributed by atoms with Gasteiger partial charge in [0.05, 0.1) is 0 Å². The van der Waals surface area contributed by atoms with Gasteiger partial charge in [-0.25, -0.2) is 8.78 Å².